The second-order valence-electron chi connectivity index (χ2n) is 3.53. The van der Waals surface area contributed by atoms with Gasteiger partial charge in [-0.15, -0.1) is 0 Å². The fourth-order valence-corrected chi connectivity index (χ4v) is 1.22. The average molecular weight is 217 g/mol. The molecule has 0 saturated carbocycles. The van der Waals surface area contributed by atoms with Gasteiger partial charge in [0.25, 0.3) is 0 Å². The van der Waals surface area contributed by atoms with Gasteiger partial charge in [0, 0.05) is 6.54 Å². The van der Waals surface area contributed by atoms with Crippen LogP contribution in [0.15, 0.2) is 24.3 Å². The van der Waals surface area contributed by atoms with Crippen LogP contribution in [-0.4, -0.2) is 18.5 Å². The summed E-state index contributed by atoms with van der Waals surface area (Å²) in [4.78, 5) is 2.03. The summed E-state index contributed by atoms with van der Waals surface area (Å²) >= 11 is 0. The molecule has 0 unspecified atom stereocenters. The highest BCUT2D eigenvalue weighted by Crippen LogP contribution is 2.29. The van der Waals surface area contributed by atoms with Crippen molar-refractivity contribution in [2.24, 2.45) is 0 Å². The lowest BCUT2D eigenvalue weighted by Crippen LogP contribution is -2.16. The maximum atomic E-state index is 12.2. The van der Waals surface area contributed by atoms with E-state index >= 15 is 0 Å². The third kappa shape index (κ3) is 3.55. The molecule has 0 aliphatic carbocycles. The van der Waals surface area contributed by atoms with Crippen LogP contribution in [0.1, 0.15) is 18.1 Å². The van der Waals surface area contributed by atoms with Crippen molar-refractivity contribution in [3.05, 3.63) is 35.4 Å². The summed E-state index contributed by atoms with van der Waals surface area (Å²) in [5.74, 6) is 0. The van der Waals surface area contributed by atoms with Gasteiger partial charge in [-0.25, -0.2) is 0 Å². The zero-order chi connectivity index (χ0) is 11.5. The Kier molecular flexibility index (Phi) is 3.74. The maximum absolute atomic E-state index is 12.2. The lowest BCUT2D eigenvalue weighted by atomic mass is 10.1. The second kappa shape index (κ2) is 4.66. The molecule has 1 rings (SSSR count). The molecule has 0 radical (unpaired) electrons. The monoisotopic (exact) mass is 217 g/mol. The van der Waals surface area contributed by atoms with Crippen molar-refractivity contribution in [3.8, 4) is 0 Å². The van der Waals surface area contributed by atoms with Crippen molar-refractivity contribution in [2.45, 2.75) is 19.6 Å². The second-order valence-corrected chi connectivity index (χ2v) is 3.53. The standard InChI is InChI=1S/C11H14F3N/c1-3-15(2)8-9-4-6-10(7-5-9)11(12,13)14/h4-7H,3,8H2,1-2H3. The number of halogens is 3. The van der Waals surface area contributed by atoms with E-state index in [1.54, 1.807) is 0 Å². The van der Waals surface area contributed by atoms with Crippen LogP contribution in [-0.2, 0) is 12.7 Å². The molecule has 0 spiro atoms. The molecule has 0 heterocycles. The molecule has 0 atom stereocenters. The molecule has 0 fully saturated rings. The molecule has 0 aliphatic heterocycles. The number of hydrogen-bond acceptors (Lipinski definition) is 1. The lowest BCUT2D eigenvalue weighted by molar-refractivity contribution is -0.137. The van der Waals surface area contributed by atoms with Gasteiger partial charge in [0.05, 0.1) is 5.56 Å². The van der Waals surface area contributed by atoms with E-state index in [1.165, 1.54) is 12.1 Å². The minimum absolute atomic E-state index is 0.592. The summed E-state index contributed by atoms with van der Waals surface area (Å²) in [7, 11) is 1.93. The quantitative estimate of drug-likeness (QED) is 0.751. The molecule has 0 saturated heterocycles. The van der Waals surface area contributed by atoms with Crippen LogP contribution >= 0.6 is 0 Å². The van der Waals surface area contributed by atoms with Crippen LogP contribution in [0.25, 0.3) is 0 Å². The first kappa shape index (κ1) is 12.0. The predicted octanol–water partition coefficient (Wildman–Crippen LogP) is 3.16. The summed E-state index contributed by atoms with van der Waals surface area (Å²) in [5.41, 5.74) is 0.303. The van der Waals surface area contributed by atoms with Gasteiger partial charge in [0.1, 0.15) is 0 Å². The van der Waals surface area contributed by atoms with Crippen molar-refractivity contribution in [1.29, 1.82) is 0 Å². The van der Waals surface area contributed by atoms with Crippen LogP contribution in [0.3, 0.4) is 0 Å². The zero-order valence-corrected chi connectivity index (χ0v) is 8.80. The first-order valence-corrected chi connectivity index (χ1v) is 4.78. The van der Waals surface area contributed by atoms with E-state index < -0.39 is 11.7 Å². The highest BCUT2D eigenvalue weighted by Gasteiger charge is 2.29. The van der Waals surface area contributed by atoms with Crippen LogP contribution in [0.2, 0.25) is 0 Å². The molecule has 0 aliphatic rings. The average Bonchev–Trinajstić information content (AvgIpc) is 2.17. The van der Waals surface area contributed by atoms with E-state index in [0.717, 1.165) is 24.2 Å². The fraction of sp³-hybridized carbons (Fsp3) is 0.455. The molecule has 1 aromatic rings. The van der Waals surface area contributed by atoms with Crippen molar-refractivity contribution >= 4 is 0 Å². The van der Waals surface area contributed by atoms with E-state index in [1.807, 2.05) is 18.9 Å². The first-order valence-electron chi connectivity index (χ1n) is 4.78. The summed E-state index contributed by atoms with van der Waals surface area (Å²) in [6.07, 6.45) is -4.24. The van der Waals surface area contributed by atoms with Gasteiger partial charge in [0.2, 0.25) is 0 Å². The largest absolute Gasteiger partial charge is 0.416 e. The summed E-state index contributed by atoms with van der Waals surface area (Å²) < 4.78 is 36.7. The van der Waals surface area contributed by atoms with Crippen molar-refractivity contribution in [2.75, 3.05) is 13.6 Å². The van der Waals surface area contributed by atoms with Gasteiger partial charge >= 0.3 is 6.18 Å². The Morgan fingerprint density at radius 1 is 1.13 bits per heavy atom. The minimum Gasteiger partial charge on any atom is -0.302 e. The Hall–Kier alpha value is -1.03. The summed E-state index contributed by atoms with van der Waals surface area (Å²) in [6, 6.07) is 5.29. The van der Waals surface area contributed by atoms with Crippen molar-refractivity contribution in [3.63, 3.8) is 0 Å². The highest BCUT2D eigenvalue weighted by atomic mass is 19.4. The smallest absolute Gasteiger partial charge is 0.302 e. The predicted molar refractivity (Wildman–Crippen MR) is 53.5 cm³/mol. The van der Waals surface area contributed by atoms with Gasteiger partial charge in [-0.3, -0.25) is 0 Å². The molecular formula is C11H14F3N. The van der Waals surface area contributed by atoms with Crippen LogP contribution < -0.4 is 0 Å². The molecule has 1 aromatic carbocycles. The Bertz CT molecular complexity index is 303. The van der Waals surface area contributed by atoms with E-state index in [-0.39, 0.29) is 0 Å². The summed E-state index contributed by atoms with van der Waals surface area (Å²) in [5, 5.41) is 0. The van der Waals surface area contributed by atoms with E-state index in [2.05, 4.69) is 0 Å². The number of alkyl halides is 3. The lowest BCUT2D eigenvalue weighted by Gasteiger charge is -2.14. The summed E-state index contributed by atoms with van der Waals surface area (Å²) in [6.45, 7) is 3.56. The highest BCUT2D eigenvalue weighted by molar-refractivity contribution is 5.24. The molecule has 0 aromatic heterocycles. The van der Waals surface area contributed by atoms with Gasteiger partial charge in [-0.2, -0.15) is 13.2 Å². The Labute approximate surface area is 87.5 Å². The topological polar surface area (TPSA) is 3.24 Å². The van der Waals surface area contributed by atoms with Crippen LogP contribution in [0.4, 0.5) is 13.2 Å². The number of benzene rings is 1. The third-order valence-electron chi connectivity index (χ3n) is 2.27. The van der Waals surface area contributed by atoms with Crippen molar-refractivity contribution in [1.82, 2.24) is 4.90 Å². The van der Waals surface area contributed by atoms with Gasteiger partial charge in [-0.1, -0.05) is 19.1 Å². The Morgan fingerprint density at radius 3 is 2.07 bits per heavy atom. The van der Waals surface area contributed by atoms with Crippen LogP contribution in [0.5, 0.6) is 0 Å². The van der Waals surface area contributed by atoms with Crippen molar-refractivity contribution < 1.29 is 13.2 Å². The van der Waals surface area contributed by atoms with Gasteiger partial charge in [0.15, 0.2) is 0 Å². The number of nitrogens with zero attached hydrogens (tertiary/aromatic N) is 1. The molecule has 15 heavy (non-hydrogen) atoms. The minimum atomic E-state index is -4.24. The molecule has 84 valence electrons. The molecule has 1 nitrogen and oxygen atoms in total. The molecule has 0 bridgehead atoms. The first-order chi connectivity index (χ1) is 6.93. The molecule has 0 N–H and O–H groups in total. The van der Waals surface area contributed by atoms with Gasteiger partial charge < -0.3 is 4.90 Å². The van der Waals surface area contributed by atoms with E-state index in [9.17, 15) is 13.2 Å². The van der Waals surface area contributed by atoms with E-state index in [4.69, 9.17) is 0 Å². The zero-order valence-electron chi connectivity index (χ0n) is 8.80. The van der Waals surface area contributed by atoms with Gasteiger partial charge in [-0.05, 0) is 31.3 Å². The van der Waals surface area contributed by atoms with Crippen LogP contribution in [0, 0.1) is 0 Å². The Morgan fingerprint density at radius 2 is 1.67 bits per heavy atom. The van der Waals surface area contributed by atoms with E-state index in [0.29, 0.717) is 6.54 Å². The SMILES string of the molecule is CCN(C)Cc1ccc(C(F)(F)F)cc1. The fourth-order valence-electron chi connectivity index (χ4n) is 1.22. The normalized spacial score (nSPS) is 12.1. The molecule has 0 amide bonds. The number of rotatable bonds is 3. The Balaban J connectivity index is 2.73. The molecular weight excluding hydrogens is 203 g/mol. The number of hydrogen-bond donors (Lipinski definition) is 0. The maximum Gasteiger partial charge on any atom is 0.416 e. The third-order valence-corrected chi connectivity index (χ3v) is 2.27. The molecule has 4 heteroatoms.